The number of hydrogen-bond acceptors (Lipinski definition) is 8. The molecule has 3 aromatic rings. The molecule has 17 heteroatoms. The second kappa shape index (κ2) is 17.4. The summed E-state index contributed by atoms with van der Waals surface area (Å²) in [4.78, 5) is 41.8. The van der Waals surface area contributed by atoms with Crippen molar-refractivity contribution >= 4 is 45.4 Å². The molecule has 12 nitrogen and oxygen atoms in total. The van der Waals surface area contributed by atoms with Gasteiger partial charge in [-0.2, -0.15) is 0 Å². The molecule has 2 aliphatic rings. The normalized spacial score (nSPS) is 18.5. The Balaban J connectivity index is 1.43. The summed E-state index contributed by atoms with van der Waals surface area (Å²) in [6, 6.07) is 11.4. The number of sulfonamides is 1. The number of piperidine rings is 1. The van der Waals surface area contributed by atoms with Gasteiger partial charge in [-0.1, -0.05) is 29.8 Å². The third-order valence-corrected chi connectivity index (χ3v) is 11.3. The van der Waals surface area contributed by atoms with Crippen LogP contribution in [-0.2, 0) is 35.4 Å². The fourth-order valence-electron chi connectivity index (χ4n) is 7.14. The van der Waals surface area contributed by atoms with Gasteiger partial charge in [0.05, 0.1) is 38.2 Å². The number of hydrogen-bond donors (Lipinski definition) is 2. The quantitative estimate of drug-likeness (QED) is 0.233. The van der Waals surface area contributed by atoms with Gasteiger partial charge in [0.1, 0.15) is 29.1 Å². The Morgan fingerprint density at radius 2 is 1.64 bits per heavy atom. The summed E-state index contributed by atoms with van der Waals surface area (Å²) in [5.41, 5.74) is -1.13. The van der Waals surface area contributed by atoms with E-state index in [0.29, 0.717) is 29.5 Å². The lowest BCUT2D eigenvalue weighted by Crippen LogP contribution is -2.61. The molecular weight excluding hydrogens is 777 g/mol. The summed E-state index contributed by atoms with van der Waals surface area (Å²) in [6.45, 7) is 5.91. The van der Waals surface area contributed by atoms with Gasteiger partial charge < -0.3 is 29.7 Å². The molecule has 0 radical (unpaired) electrons. The zero-order chi connectivity index (χ0) is 41.0. The molecule has 2 saturated heterocycles. The largest absolute Gasteiger partial charge is 0.453 e. The third-order valence-electron chi connectivity index (χ3n) is 9.71. The van der Waals surface area contributed by atoms with Crippen LogP contribution in [0, 0.1) is 17.5 Å². The topological polar surface area (TPSA) is 144 Å². The van der Waals surface area contributed by atoms with Crippen LogP contribution >= 0.6 is 11.6 Å². The summed E-state index contributed by atoms with van der Waals surface area (Å²) in [7, 11) is -2.36. The van der Waals surface area contributed by atoms with Crippen LogP contribution in [0.2, 0.25) is 5.02 Å². The maximum absolute atomic E-state index is 15.7. The van der Waals surface area contributed by atoms with Crippen LogP contribution in [0.4, 0.5) is 28.4 Å². The Kier molecular flexibility index (Phi) is 13.3. The first-order chi connectivity index (χ1) is 26.3. The van der Waals surface area contributed by atoms with Gasteiger partial charge in [0.15, 0.2) is 0 Å². The molecular formula is C39H46ClF3N4O8S. The Morgan fingerprint density at radius 1 is 1.00 bits per heavy atom. The van der Waals surface area contributed by atoms with Crippen LogP contribution in [0.5, 0.6) is 0 Å². The Hall–Kier alpha value is -4.38. The second-order valence-corrected chi connectivity index (χ2v) is 17.5. The van der Waals surface area contributed by atoms with E-state index in [-0.39, 0.29) is 55.8 Å². The zero-order valence-corrected chi connectivity index (χ0v) is 33.3. The van der Waals surface area contributed by atoms with Gasteiger partial charge in [-0.25, -0.2) is 35.5 Å². The molecule has 0 bridgehead atoms. The molecule has 0 saturated carbocycles. The van der Waals surface area contributed by atoms with E-state index in [1.165, 1.54) is 39.5 Å². The lowest BCUT2D eigenvalue weighted by atomic mass is 9.84. The van der Waals surface area contributed by atoms with Crippen LogP contribution in [0.1, 0.15) is 62.6 Å². The molecule has 304 valence electrons. The summed E-state index contributed by atoms with van der Waals surface area (Å²) >= 11 is 6.12. The molecule has 0 aromatic heterocycles. The molecule has 3 atom stereocenters. The number of ether oxygens (including phenoxy) is 3. The van der Waals surface area contributed by atoms with Gasteiger partial charge in [-0.3, -0.25) is 4.79 Å². The molecule has 56 heavy (non-hydrogen) atoms. The highest BCUT2D eigenvalue weighted by molar-refractivity contribution is 7.88. The fourth-order valence-corrected chi connectivity index (χ4v) is 8.11. The number of carbonyl (C=O) groups is 3. The molecule has 3 aromatic carbocycles. The van der Waals surface area contributed by atoms with Crippen molar-refractivity contribution in [3.8, 4) is 0 Å². The monoisotopic (exact) mass is 822 g/mol. The van der Waals surface area contributed by atoms with Gasteiger partial charge in [0.25, 0.3) is 0 Å². The molecule has 5 rings (SSSR count). The van der Waals surface area contributed by atoms with Gasteiger partial charge in [-0.05, 0) is 94.0 Å². The van der Waals surface area contributed by atoms with E-state index >= 15 is 4.39 Å². The number of morpholine rings is 1. The third kappa shape index (κ3) is 10.9. The molecule has 3 amide bonds. The first-order valence-electron chi connectivity index (χ1n) is 18.0. The van der Waals surface area contributed by atoms with Crippen LogP contribution in [0.15, 0.2) is 60.7 Å². The van der Waals surface area contributed by atoms with Crippen molar-refractivity contribution in [2.24, 2.45) is 0 Å². The van der Waals surface area contributed by atoms with Crippen molar-refractivity contribution in [3.63, 3.8) is 0 Å². The Labute approximate surface area is 329 Å². The number of benzene rings is 3. The number of nitrogens with zero attached hydrogens (tertiary/aromatic N) is 2. The lowest BCUT2D eigenvalue weighted by molar-refractivity contribution is -0.169. The average Bonchev–Trinajstić information content (AvgIpc) is 3.10. The summed E-state index contributed by atoms with van der Waals surface area (Å²) in [6.07, 6.45) is -0.236. The number of nitrogens with one attached hydrogen (secondary N) is 2. The Morgan fingerprint density at radius 3 is 2.23 bits per heavy atom. The van der Waals surface area contributed by atoms with Crippen molar-refractivity contribution in [1.82, 2.24) is 14.5 Å². The van der Waals surface area contributed by atoms with Crippen molar-refractivity contribution in [2.45, 2.75) is 75.7 Å². The summed E-state index contributed by atoms with van der Waals surface area (Å²) in [5, 5.41) is 5.54. The number of carbonyl (C=O) groups excluding carboxylic acids is 3. The average molecular weight is 823 g/mol. The van der Waals surface area contributed by atoms with E-state index in [2.05, 4.69) is 10.6 Å². The van der Waals surface area contributed by atoms with Crippen LogP contribution < -0.4 is 10.6 Å². The van der Waals surface area contributed by atoms with Gasteiger partial charge in [0, 0.05) is 41.3 Å². The first kappa shape index (κ1) is 42.8. The molecule has 2 aliphatic heterocycles. The molecule has 1 spiro atoms. The zero-order valence-electron chi connectivity index (χ0n) is 31.7. The highest BCUT2D eigenvalue weighted by Crippen LogP contribution is 2.36. The molecule has 2 fully saturated rings. The highest BCUT2D eigenvalue weighted by Gasteiger charge is 2.46. The minimum atomic E-state index is -3.44. The van der Waals surface area contributed by atoms with Gasteiger partial charge >= 0.3 is 12.2 Å². The van der Waals surface area contributed by atoms with Crippen molar-refractivity contribution in [2.75, 3.05) is 44.9 Å². The fraction of sp³-hybridized carbons (Fsp3) is 0.462. The smallest absolute Gasteiger partial charge is 0.410 e. The van der Waals surface area contributed by atoms with Crippen LogP contribution in [0.25, 0.3) is 0 Å². The first-order valence-corrected chi connectivity index (χ1v) is 20.2. The van der Waals surface area contributed by atoms with Crippen molar-refractivity contribution in [3.05, 3.63) is 99.8 Å². The maximum Gasteiger partial charge on any atom is 0.410 e. The number of rotatable bonds is 10. The van der Waals surface area contributed by atoms with Crippen LogP contribution in [-0.4, -0.2) is 98.6 Å². The molecule has 0 unspecified atom stereocenters. The number of alkyl carbamates (subject to hydrolysis) is 1. The number of halogens is 4. The van der Waals surface area contributed by atoms with Gasteiger partial charge in [0.2, 0.25) is 15.9 Å². The number of methoxy groups -OCH3 is 1. The lowest BCUT2D eigenvalue weighted by Gasteiger charge is -2.49. The van der Waals surface area contributed by atoms with E-state index in [1.54, 1.807) is 32.9 Å². The minimum absolute atomic E-state index is 0.0149. The van der Waals surface area contributed by atoms with E-state index in [4.69, 9.17) is 25.8 Å². The van der Waals surface area contributed by atoms with E-state index in [9.17, 15) is 31.6 Å². The summed E-state index contributed by atoms with van der Waals surface area (Å²) < 4.78 is 87.8. The predicted molar refractivity (Wildman–Crippen MR) is 203 cm³/mol. The minimum Gasteiger partial charge on any atom is -0.453 e. The van der Waals surface area contributed by atoms with Crippen LogP contribution in [0.3, 0.4) is 0 Å². The van der Waals surface area contributed by atoms with Crippen molar-refractivity contribution < 1.29 is 50.2 Å². The Bertz CT molecular complexity index is 2000. The van der Waals surface area contributed by atoms with Gasteiger partial charge in [-0.15, -0.1) is 0 Å². The maximum atomic E-state index is 15.7. The predicted octanol–water partition coefficient (Wildman–Crippen LogP) is 6.62. The van der Waals surface area contributed by atoms with E-state index < -0.39 is 74.8 Å². The summed E-state index contributed by atoms with van der Waals surface area (Å²) in [5.74, 6) is -4.51. The molecule has 2 heterocycles. The molecule has 0 aliphatic carbocycles. The second-order valence-electron chi connectivity index (χ2n) is 15.1. The molecule has 2 N–H and O–H groups in total. The van der Waals surface area contributed by atoms with E-state index in [0.717, 1.165) is 25.5 Å². The van der Waals surface area contributed by atoms with E-state index in [1.807, 2.05) is 0 Å². The van der Waals surface area contributed by atoms with Crippen molar-refractivity contribution in [1.29, 1.82) is 0 Å². The SMILES string of the molecule is COC(=O)N[C@H](C(=O)Nc1cccc(F)c1CC[C@@H]1CN(C(=O)OC(C)(C)C)CC2(CCN(S(C)(=O)=O)CC2)O1)[C@@H](c1ccc(Cl)cc1)c1cc(F)cc(F)c1. The highest BCUT2D eigenvalue weighted by atomic mass is 35.5. The number of anilines is 1. The number of amides is 3. The standard InChI is InChI=1S/C39H46ClF3N4O8S/c1-38(2,3)55-37(50)46-22-29(54-39(23-46)15-17-47(18-16-39)56(5,51)52)13-14-30-31(43)7-6-8-32(30)44-35(48)34(45-36(49)53-4)33(24-9-11-26(40)12-10-24)25-19-27(41)21-28(42)20-25/h6-12,19-21,29,33-34H,13-18,22-23H2,1-5H3,(H,44,48)(H,45,49)/t29-,33+,34+/m1/s1.